The summed E-state index contributed by atoms with van der Waals surface area (Å²) in [5.74, 6) is 5.27. The molecule has 0 fully saturated rings. The zero-order chi connectivity index (χ0) is 12.7. The van der Waals surface area contributed by atoms with Gasteiger partial charge in [0.25, 0.3) is 0 Å². The molecule has 0 radical (unpaired) electrons. The fraction of sp³-hybridized carbons (Fsp3) is 0.800. The summed E-state index contributed by atoms with van der Waals surface area (Å²) in [5.41, 5.74) is 2.49. The first-order valence-corrected chi connectivity index (χ1v) is 6.70. The van der Waals surface area contributed by atoms with Gasteiger partial charge in [0, 0.05) is 12.6 Å². The van der Waals surface area contributed by atoms with E-state index in [0.717, 1.165) is 17.8 Å². The van der Waals surface area contributed by atoms with Crippen LogP contribution < -0.4 is 11.3 Å². The lowest BCUT2D eigenvalue weighted by Gasteiger charge is -2.28. The van der Waals surface area contributed by atoms with Gasteiger partial charge in [0.05, 0.1) is 13.2 Å². The van der Waals surface area contributed by atoms with Crippen molar-refractivity contribution in [1.82, 2.24) is 15.1 Å². The maximum Gasteiger partial charge on any atom is 0.219 e. The van der Waals surface area contributed by atoms with E-state index in [4.69, 9.17) is 10.9 Å². The molecule has 0 aromatic carbocycles. The predicted molar refractivity (Wildman–Crippen MR) is 69.6 cm³/mol. The van der Waals surface area contributed by atoms with Crippen LogP contribution in [0.15, 0.2) is 0 Å². The molecule has 0 atom stereocenters. The maximum atomic E-state index is 9.10. The lowest BCUT2D eigenvalue weighted by Crippen LogP contribution is -2.36. The number of nitrogens with two attached hydrogens (primary N) is 1. The highest BCUT2D eigenvalue weighted by Crippen LogP contribution is 2.18. The van der Waals surface area contributed by atoms with Crippen molar-refractivity contribution >= 4 is 16.5 Å². The van der Waals surface area contributed by atoms with Crippen LogP contribution in [-0.4, -0.2) is 39.4 Å². The minimum atomic E-state index is 0.164. The molecule has 0 aliphatic heterocycles. The number of aromatic nitrogens is 2. The number of hydrazine groups is 1. The van der Waals surface area contributed by atoms with Crippen molar-refractivity contribution in [3.05, 3.63) is 5.01 Å². The van der Waals surface area contributed by atoms with E-state index in [1.54, 1.807) is 0 Å². The second-order valence-electron chi connectivity index (χ2n) is 3.81. The Balaban J connectivity index is 2.64. The van der Waals surface area contributed by atoms with Crippen LogP contribution in [0.25, 0.3) is 0 Å². The Kier molecular flexibility index (Phi) is 6.35. The highest BCUT2D eigenvalue weighted by Gasteiger charge is 2.16. The van der Waals surface area contributed by atoms with Gasteiger partial charge in [-0.15, -0.1) is 10.2 Å². The molecule has 1 aromatic rings. The first kappa shape index (κ1) is 14.3. The molecule has 0 unspecified atom stereocenters. The largest absolute Gasteiger partial charge is 0.395 e. The Labute approximate surface area is 106 Å². The van der Waals surface area contributed by atoms with Gasteiger partial charge in [0.15, 0.2) is 0 Å². The zero-order valence-corrected chi connectivity index (χ0v) is 11.2. The minimum Gasteiger partial charge on any atom is -0.395 e. The highest BCUT2D eigenvalue weighted by atomic mass is 32.1. The molecule has 7 heteroatoms. The number of rotatable bonds is 8. The van der Waals surface area contributed by atoms with E-state index in [9.17, 15) is 0 Å². The summed E-state index contributed by atoms with van der Waals surface area (Å²) in [6, 6.07) is 0.473. The van der Waals surface area contributed by atoms with Gasteiger partial charge in [-0.3, -0.25) is 10.3 Å². The molecule has 0 bridgehead atoms. The van der Waals surface area contributed by atoms with Gasteiger partial charge in [-0.2, -0.15) is 0 Å². The zero-order valence-electron chi connectivity index (χ0n) is 10.4. The smallest absolute Gasteiger partial charge is 0.219 e. The number of hydrogen-bond acceptors (Lipinski definition) is 7. The Bertz CT molecular complexity index is 315. The maximum absolute atomic E-state index is 9.10. The van der Waals surface area contributed by atoms with E-state index in [1.165, 1.54) is 11.3 Å². The van der Waals surface area contributed by atoms with Crippen molar-refractivity contribution in [3.8, 4) is 0 Å². The molecule has 4 N–H and O–H groups in total. The minimum absolute atomic E-state index is 0.164. The topological polar surface area (TPSA) is 87.3 Å². The Hall–Kier alpha value is -0.760. The molecule has 17 heavy (non-hydrogen) atoms. The van der Waals surface area contributed by atoms with E-state index in [2.05, 4.69) is 34.4 Å². The van der Waals surface area contributed by atoms with E-state index in [0.29, 0.717) is 24.3 Å². The molecule has 0 spiro atoms. The summed E-state index contributed by atoms with van der Waals surface area (Å²) in [5, 5.41) is 18.6. The molecular formula is C10H21N5OS. The van der Waals surface area contributed by atoms with Gasteiger partial charge in [0.1, 0.15) is 5.01 Å². The van der Waals surface area contributed by atoms with Crippen molar-refractivity contribution in [3.63, 3.8) is 0 Å². The third kappa shape index (κ3) is 4.19. The van der Waals surface area contributed by atoms with Crippen molar-refractivity contribution in [2.45, 2.75) is 39.3 Å². The fourth-order valence-corrected chi connectivity index (χ4v) is 2.55. The molecular weight excluding hydrogens is 238 g/mol. The summed E-state index contributed by atoms with van der Waals surface area (Å²) in [6.45, 7) is 5.86. The third-order valence-corrected chi connectivity index (χ3v) is 3.61. The normalized spacial score (nSPS) is 11.4. The fourth-order valence-electron chi connectivity index (χ4n) is 1.87. The molecule has 1 rings (SSSR count). The molecule has 0 saturated heterocycles. The second kappa shape index (κ2) is 7.54. The number of hydrogen-bond donors (Lipinski definition) is 3. The quantitative estimate of drug-likeness (QED) is 0.473. The molecule has 0 amide bonds. The third-order valence-electron chi connectivity index (χ3n) is 2.77. The van der Waals surface area contributed by atoms with Crippen molar-refractivity contribution in [2.75, 3.05) is 18.6 Å². The van der Waals surface area contributed by atoms with Crippen LogP contribution in [0, 0.1) is 0 Å². The van der Waals surface area contributed by atoms with Crippen molar-refractivity contribution < 1.29 is 5.11 Å². The second-order valence-corrected chi connectivity index (χ2v) is 4.87. The molecule has 0 aliphatic rings. The first-order valence-electron chi connectivity index (χ1n) is 5.89. The average Bonchev–Trinajstić information content (AvgIpc) is 2.78. The number of nitrogen functional groups attached to an aromatic ring is 1. The summed E-state index contributed by atoms with van der Waals surface area (Å²) in [4.78, 5) is 2.24. The van der Waals surface area contributed by atoms with Crippen LogP contribution in [0.4, 0.5) is 5.13 Å². The van der Waals surface area contributed by atoms with E-state index >= 15 is 0 Å². The van der Waals surface area contributed by atoms with Gasteiger partial charge in [-0.05, 0) is 12.8 Å². The molecule has 1 heterocycles. The Morgan fingerprint density at radius 3 is 2.59 bits per heavy atom. The number of nitrogens with one attached hydrogen (secondary N) is 1. The van der Waals surface area contributed by atoms with Crippen LogP contribution >= 0.6 is 11.3 Å². The van der Waals surface area contributed by atoms with E-state index in [-0.39, 0.29) is 6.61 Å². The highest BCUT2D eigenvalue weighted by molar-refractivity contribution is 7.15. The van der Waals surface area contributed by atoms with Crippen LogP contribution in [0.2, 0.25) is 0 Å². The summed E-state index contributed by atoms with van der Waals surface area (Å²) in [7, 11) is 0. The first-order chi connectivity index (χ1) is 8.24. The molecule has 98 valence electrons. The van der Waals surface area contributed by atoms with E-state index < -0.39 is 0 Å². The predicted octanol–water partition coefficient (Wildman–Crippen LogP) is 0.807. The van der Waals surface area contributed by atoms with Gasteiger partial charge < -0.3 is 5.11 Å². The molecule has 0 saturated carbocycles. The van der Waals surface area contributed by atoms with Gasteiger partial charge in [-0.1, -0.05) is 25.2 Å². The lowest BCUT2D eigenvalue weighted by atomic mass is 10.1. The Morgan fingerprint density at radius 1 is 1.41 bits per heavy atom. The molecule has 0 aliphatic carbocycles. The molecule has 6 nitrogen and oxygen atoms in total. The number of anilines is 1. The van der Waals surface area contributed by atoms with Crippen molar-refractivity contribution in [1.29, 1.82) is 0 Å². The number of aliphatic hydroxyl groups excluding tert-OH is 1. The summed E-state index contributed by atoms with van der Waals surface area (Å²) < 4.78 is 0. The Morgan fingerprint density at radius 2 is 2.12 bits per heavy atom. The van der Waals surface area contributed by atoms with Gasteiger partial charge in [-0.25, -0.2) is 5.84 Å². The van der Waals surface area contributed by atoms with Crippen LogP contribution in [0.5, 0.6) is 0 Å². The van der Waals surface area contributed by atoms with Gasteiger partial charge >= 0.3 is 0 Å². The SMILES string of the molecule is CCC(CC)N(CCO)Cc1nnc(NN)s1. The monoisotopic (exact) mass is 259 g/mol. The number of aliphatic hydroxyl groups is 1. The average molecular weight is 259 g/mol. The van der Waals surface area contributed by atoms with Crippen LogP contribution in [0.3, 0.4) is 0 Å². The standard InChI is InChI=1S/C10H21N5OS/c1-3-8(4-2)15(5-6-16)7-9-13-14-10(12-11)17-9/h8,16H,3-7,11H2,1-2H3,(H,12,14). The van der Waals surface area contributed by atoms with Crippen LogP contribution in [0.1, 0.15) is 31.7 Å². The summed E-state index contributed by atoms with van der Waals surface area (Å²) >= 11 is 1.44. The summed E-state index contributed by atoms with van der Waals surface area (Å²) in [6.07, 6.45) is 2.13. The number of nitrogens with zero attached hydrogens (tertiary/aromatic N) is 3. The van der Waals surface area contributed by atoms with Crippen LogP contribution in [-0.2, 0) is 6.54 Å². The lowest BCUT2D eigenvalue weighted by molar-refractivity contribution is 0.136. The molecule has 1 aromatic heterocycles. The van der Waals surface area contributed by atoms with Gasteiger partial charge in [0.2, 0.25) is 5.13 Å². The van der Waals surface area contributed by atoms with Crippen molar-refractivity contribution in [2.24, 2.45) is 5.84 Å². The van der Waals surface area contributed by atoms with E-state index in [1.807, 2.05) is 0 Å².